The molecule has 1 atom stereocenters. The van der Waals surface area contributed by atoms with Crippen LogP contribution in [-0.2, 0) is 14.3 Å². The van der Waals surface area contributed by atoms with Crippen molar-refractivity contribution in [3.05, 3.63) is 29.8 Å². The van der Waals surface area contributed by atoms with Gasteiger partial charge in [0.05, 0.1) is 19.8 Å². The fourth-order valence-corrected chi connectivity index (χ4v) is 2.01. The monoisotopic (exact) mass is 300 g/mol. The highest BCUT2D eigenvalue weighted by atomic mass is 19.2. The first-order chi connectivity index (χ1) is 9.97. The zero-order chi connectivity index (χ0) is 15.4. The Morgan fingerprint density at radius 3 is 2.81 bits per heavy atom. The molecule has 8 heteroatoms. The van der Waals surface area contributed by atoms with Crippen molar-refractivity contribution in [1.82, 2.24) is 4.90 Å². The van der Waals surface area contributed by atoms with Crippen LogP contribution in [0.25, 0.3) is 0 Å². The number of carbonyl (C=O) groups is 2. The number of carboxylic acids is 1. The molecule has 0 radical (unpaired) electrons. The smallest absolute Gasteiger partial charge is 0.323 e. The lowest BCUT2D eigenvalue weighted by Crippen LogP contribution is -2.52. The van der Waals surface area contributed by atoms with Crippen LogP contribution in [0, 0.1) is 11.6 Å². The topological polar surface area (TPSA) is 78.9 Å². The number of carbonyl (C=O) groups excluding carboxylic acids is 1. The normalized spacial score (nSPS) is 19.2. The Balaban J connectivity index is 1.97. The van der Waals surface area contributed by atoms with Gasteiger partial charge in [0.2, 0.25) is 5.91 Å². The summed E-state index contributed by atoms with van der Waals surface area (Å²) in [4.78, 5) is 24.3. The van der Waals surface area contributed by atoms with E-state index in [2.05, 4.69) is 5.32 Å². The Kier molecular flexibility index (Phi) is 4.81. The Hall–Kier alpha value is -2.06. The fourth-order valence-electron chi connectivity index (χ4n) is 2.01. The maximum atomic E-state index is 13.0. The number of amides is 1. The van der Waals surface area contributed by atoms with Crippen molar-refractivity contribution in [2.24, 2.45) is 0 Å². The highest BCUT2D eigenvalue weighted by Crippen LogP contribution is 2.13. The maximum absolute atomic E-state index is 13.0. The Morgan fingerprint density at radius 2 is 2.14 bits per heavy atom. The lowest BCUT2D eigenvalue weighted by molar-refractivity contribution is -0.150. The highest BCUT2D eigenvalue weighted by molar-refractivity contribution is 5.92. The van der Waals surface area contributed by atoms with Crippen molar-refractivity contribution in [3.8, 4) is 0 Å². The predicted octanol–water partition coefficient (Wildman–Crippen LogP) is 0.689. The molecule has 21 heavy (non-hydrogen) atoms. The van der Waals surface area contributed by atoms with E-state index in [-0.39, 0.29) is 18.8 Å². The van der Waals surface area contributed by atoms with E-state index in [0.29, 0.717) is 13.2 Å². The molecule has 114 valence electrons. The summed E-state index contributed by atoms with van der Waals surface area (Å²) in [6.45, 7) is 0.484. The number of aliphatic carboxylic acids is 1. The van der Waals surface area contributed by atoms with Crippen molar-refractivity contribution < 1.29 is 28.2 Å². The highest BCUT2D eigenvalue weighted by Gasteiger charge is 2.30. The second-order valence-electron chi connectivity index (χ2n) is 4.58. The van der Waals surface area contributed by atoms with Crippen LogP contribution in [0.15, 0.2) is 18.2 Å². The molecule has 0 aromatic heterocycles. The van der Waals surface area contributed by atoms with Gasteiger partial charge in [-0.2, -0.15) is 0 Å². The van der Waals surface area contributed by atoms with Gasteiger partial charge in [0, 0.05) is 18.3 Å². The molecule has 0 spiro atoms. The zero-order valence-corrected chi connectivity index (χ0v) is 11.0. The van der Waals surface area contributed by atoms with Crippen LogP contribution in [0.5, 0.6) is 0 Å². The molecular weight excluding hydrogens is 286 g/mol. The lowest BCUT2D eigenvalue weighted by Gasteiger charge is -2.32. The third kappa shape index (κ3) is 3.96. The number of carboxylic acid groups (broad SMARTS) is 1. The van der Waals surface area contributed by atoms with Gasteiger partial charge in [-0.05, 0) is 12.1 Å². The second kappa shape index (κ2) is 6.59. The number of hydrogen-bond acceptors (Lipinski definition) is 4. The summed E-state index contributed by atoms with van der Waals surface area (Å²) in [5.41, 5.74) is 0.110. The molecule has 6 nitrogen and oxygen atoms in total. The number of anilines is 1. The molecule has 1 unspecified atom stereocenters. The summed E-state index contributed by atoms with van der Waals surface area (Å²) in [7, 11) is 0. The molecule has 0 aliphatic carbocycles. The lowest BCUT2D eigenvalue weighted by atomic mass is 10.2. The Morgan fingerprint density at radius 1 is 1.38 bits per heavy atom. The first-order valence-corrected chi connectivity index (χ1v) is 6.27. The van der Waals surface area contributed by atoms with Gasteiger partial charge in [0.15, 0.2) is 11.6 Å². The van der Waals surface area contributed by atoms with Crippen LogP contribution >= 0.6 is 0 Å². The van der Waals surface area contributed by atoms with E-state index >= 15 is 0 Å². The largest absolute Gasteiger partial charge is 0.480 e. The number of ether oxygens (including phenoxy) is 1. The van der Waals surface area contributed by atoms with Crippen LogP contribution in [0.4, 0.5) is 14.5 Å². The summed E-state index contributed by atoms with van der Waals surface area (Å²) in [6.07, 6.45) is 0. The number of nitrogens with zero attached hydrogens (tertiary/aromatic N) is 1. The van der Waals surface area contributed by atoms with E-state index in [1.54, 1.807) is 0 Å². The van der Waals surface area contributed by atoms with E-state index in [4.69, 9.17) is 9.84 Å². The summed E-state index contributed by atoms with van der Waals surface area (Å²) in [5, 5.41) is 11.4. The van der Waals surface area contributed by atoms with E-state index in [1.165, 1.54) is 11.0 Å². The van der Waals surface area contributed by atoms with Gasteiger partial charge in [-0.1, -0.05) is 0 Å². The van der Waals surface area contributed by atoms with Crippen molar-refractivity contribution in [2.45, 2.75) is 6.04 Å². The van der Waals surface area contributed by atoms with Gasteiger partial charge in [-0.3, -0.25) is 14.5 Å². The number of nitrogens with one attached hydrogen (secondary N) is 1. The van der Waals surface area contributed by atoms with Crippen molar-refractivity contribution in [3.63, 3.8) is 0 Å². The van der Waals surface area contributed by atoms with Gasteiger partial charge in [0.1, 0.15) is 6.04 Å². The minimum atomic E-state index is -1.07. The molecule has 0 bridgehead atoms. The molecule has 1 aromatic carbocycles. The molecular formula is C13H14F2N2O4. The van der Waals surface area contributed by atoms with Gasteiger partial charge in [0.25, 0.3) is 0 Å². The Bertz CT molecular complexity index is 553. The standard InChI is InChI=1S/C13H14F2N2O4/c14-9-2-1-8(5-10(9)15)16-12(18)6-17-3-4-21-7-11(17)13(19)20/h1-2,5,11H,3-4,6-7H2,(H,16,18)(H,19,20). The van der Waals surface area contributed by atoms with Gasteiger partial charge >= 0.3 is 5.97 Å². The zero-order valence-electron chi connectivity index (χ0n) is 11.0. The minimum Gasteiger partial charge on any atom is -0.480 e. The van der Waals surface area contributed by atoms with Crippen molar-refractivity contribution in [1.29, 1.82) is 0 Å². The van der Waals surface area contributed by atoms with E-state index in [9.17, 15) is 18.4 Å². The van der Waals surface area contributed by atoms with Crippen LogP contribution < -0.4 is 5.32 Å². The third-order valence-corrected chi connectivity index (χ3v) is 3.07. The minimum absolute atomic E-state index is 0.00773. The first kappa shape index (κ1) is 15.3. The maximum Gasteiger partial charge on any atom is 0.323 e. The SMILES string of the molecule is O=C(CN1CCOCC1C(=O)O)Nc1ccc(F)c(F)c1. The fraction of sp³-hybridized carbons (Fsp3) is 0.385. The number of halogens is 2. The average molecular weight is 300 g/mol. The van der Waals surface area contributed by atoms with Crippen LogP contribution in [0.1, 0.15) is 0 Å². The quantitative estimate of drug-likeness (QED) is 0.855. The third-order valence-electron chi connectivity index (χ3n) is 3.07. The van der Waals surface area contributed by atoms with Crippen molar-refractivity contribution >= 4 is 17.6 Å². The molecule has 1 aromatic rings. The molecule has 2 N–H and O–H groups in total. The molecule has 1 fully saturated rings. The van der Waals surface area contributed by atoms with Gasteiger partial charge in [-0.15, -0.1) is 0 Å². The molecule has 1 aliphatic rings. The average Bonchev–Trinajstić information content (AvgIpc) is 2.43. The molecule has 1 aliphatic heterocycles. The van der Waals surface area contributed by atoms with Crippen LogP contribution in [-0.4, -0.2) is 54.2 Å². The Labute approximate surface area is 119 Å². The second-order valence-corrected chi connectivity index (χ2v) is 4.58. The number of benzene rings is 1. The van der Waals surface area contributed by atoms with E-state index in [0.717, 1.165) is 12.1 Å². The predicted molar refractivity (Wildman–Crippen MR) is 68.8 cm³/mol. The van der Waals surface area contributed by atoms with Crippen LogP contribution in [0.3, 0.4) is 0 Å². The van der Waals surface area contributed by atoms with Crippen LogP contribution in [0.2, 0.25) is 0 Å². The van der Waals surface area contributed by atoms with E-state index in [1.807, 2.05) is 0 Å². The number of hydrogen-bond donors (Lipinski definition) is 2. The van der Waals surface area contributed by atoms with Crippen molar-refractivity contribution in [2.75, 3.05) is 31.6 Å². The summed E-state index contributed by atoms with van der Waals surface area (Å²) >= 11 is 0. The number of rotatable bonds is 4. The molecule has 1 amide bonds. The first-order valence-electron chi connectivity index (χ1n) is 6.27. The molecule has 2 rings (SSSR count). The summed E-state index contributed by atoms with van der Waals surface area (Å²) in [6, 6.07) is 2.10. The molecule has 1 heterocycles. The van der Waals surface area contributed by atoms with Gasteiger partial charge in [-0.25, -0.2) is 8.78 Å². The van der Waals surface area contributed by atoms with E-state index < -0.39 is 29.6 Å². The summed E-state index contributed by atoms with van der Waals surface area (Å²) < 4.78 is 30.9. The van der Waals surface area contributed by atoms with Gasteiger partial charge < -0.3 is 15.2 Å². The molecule has 0 saturated carbocycles. The summed E-state index contributed by atoms with van der Waals surface area (Å²) in [5.74, 6) is -3.65. The number of morpholine rings is 1. The molecule has 1 saturated heterocycles.